The molecule has 15 heteroatoms. The number of carbonyl (C=O) groups excluding carboxylic acids is 7. The normalized spacial score (nSPS) is 27.0. The van der Waals surface area contributed by atoms with E-state index >= 15 is 0 Å². The van der Waals surface area contributed by atoms with Gasteiger partial charge in [-0.15, -0.1) is 0 Å². The molecule has 5 rings (SSSR count). The maximum atomic E-state index is 13.4. The number of esters is 1. The first kappa shape index (κ1) is 47.4. The number of rotatable bonds is 18. The van der Waals surface area contributed by atoms with Crippen LogP contribution < -0.4 is 31.9 Å². The molecule has 4 fully saturated rings. The van der Waals surface area contributed by atoms with Crippen LogP contribution in [-0.4, -0.2) is 85.5 Å². The minimum atomic E-state index is -0.796. The zero-order valence-electron chi connectivity index (χ0n) is 36.9. The Hall–Kier alpha value is -4.69. The Balaban J connectivity index is 0.996. The van der Waals surface area contributed by atoms with E-state index in [-0.39, 0.29) is 83.5 Å². The van der Waals surface area contributed by atoms with E-state index in [4.69, 9.17) is 9.47 Å². The molecular formula is C46H70N6O9. The second-order valence-corrected chi connectivity index (χ2v) is 18.9. The van der Waals surface area contributed by atoms with Gasteiger partial charge in [0.15, 0.2) is 0 Å². The molecule has 10 atom stereocenters. The molecule has 4 saturated carbocycles. The summed E-state index contributed by atoms with van der Waals surface area (Å²) in [4.78, 5) is 91.2. The highest BCUT2D eigenvalue weighted by molar-refractivity contribution is 5.89. The summed E-state index contributed by atoms with van der Waals surface area (Å²) in [7, 11) is 0. The van der Waals surface area contributed by atoms with Crippen molar-refractivity contribution in [3.05, 3.63) is 35.9 Å². The third kappa shape index (κ3) is 14.2. The van der Waals surface area contributed by atoms with Gasteiger partial charge in [-0.05, 0) is 115 Å². The highest BCUT2D eigenvalue weighted by atomic mass is 16.6. The average Bonchev–Trinajstić information content (AvgIpc) is 4.06. The van der Waals surface area contributed by atoms with E-state index in [0.29, 0.717) is 45.4 Å². The van der Waals surface area contributed by atoms with Gasteiger partial charge >= 0.3 is 12.1 Å². The molecule has 15 nitrogen and oxygen atoms in total. The Labute approximate surface area is 361 Å². The Kier molecular flexibility index (Phi) is 17.4. The van der Waals surface area contributed by atoms with Crippen molar-refractivity contribution in [1.82, 2.24) is 31.9 Å². The number of carbonyl (C=O) groups is 7. The lowest BCUT2D eigenvalue weighted by molar-refractivity contribution is -0.149. The first-order chi connectivity index (χ1) is 29.1. The van der Waals surface area contributed by atoms with E-state index in [1.165, 1.54) is 0 Å². The van der Waals surface area contributed by atoms with Crippen LogP contribution >= 0.6 is 0 Å². The molecule has 338 valence electrons. The Morgan fingerprint density at radius 2 is 0.967 bits per heavy atom. The van der Waals surface area contributed by atoms with Crippen molar-refractivity contribution >= 4 is 41.6 Å². The molecular weight excluding hydrogens is 781 g/mol. The van der Waals surface area contributed by atoms with Crippen LogP contribution in [0, 0.1) is 47.3 Å². The molecule has 0 aliphatic heterocycles. The van der Waals surface area contributed by atoms with E-state index in [1.54, 1.807) is 34.6 Å². The third-order valence-corrected chi connectivity index (χ3v) is 13.2. The molecule has 0 heterocycles. The Morgan fingerprint density at radius 1 is 0.557 bits per heavy atom. The number of amides is 6. The van der Waals surface area contributed by atoms with E-state index < -0.39 is 29.7 Å². The van der Waals surface area contributed by atoms with Crippen molar-refractivity contribution in [1.29, 1.82) is 0 Å². The maximum absolute atomic E-state index is 13.4. The van der Waals surface area contributed by atoms with Gasteiger partial charge in [-0.3, -0.25) is 24.0 Å². The lowest BCUT2D eigenvalue weighted by atomic mass is 9.92. The van der Waals surface area contributed by atoms with Gasteiger partial charge in [-0.25, -0.2) is 9.59 Å². The molecule has 0 bridgehead atoms. The fourth-order valence-electron chi connectivity index (χ4n) is 9.76. The number of alkyl carbamates (subject to hydrolysis) is 1. The smallest absolute Gasteiger partial charge is 0.407 e. The standard InChI is InChI=1S/C46H70N6O9/c1-28(51-42(56)37-21-11-16-32(37)24-49-41(55)36-20-10-18-34(36)26-50-45(59)61-46(3,4)5)39(53)47-23-31-15-9-19-35(31)40(54)48-25-33-17-12-22-38(33)43(57)52-29(2)44(58)60-27-30-13-7-6-8-14-30/h6-8,13-14,28-29,31-38H,9-12,15-27H2,1-5H3,(H,47,53)(H,48,54)(H,49,55)(H,50,59)(H,51,56)(H,52,57). The van der Waals surface area contributed by atoms with E-state index in [2.05, 4.69) is 31.9 Å². The molecule has 1 aromatic carbocycles. The van der Waals surface area contributed by atoms with Crippen LogP contribution in [0.15, 0.2) is 30.3 Å². The maximum Gasteiger partial charge on any atom is 0.407 e. The molecule has 61 heavy (non-hydrogen) atoms. The van der Waals surface area contributed by atoms with Crippen LogP contribution in [0.4, 0.5) is 4.79 Å². The van der Waals surface area contributed by atoms with Crippen LogP contribution in [0.3, 0.4) is 0 Å². The van der Waals surface area contributed by atoms with Crippen molar-refractivity contribution in [2.75, 3.05) is 26.2 Å². The summed E-state index contributed by atoms with van der Waals surface area (Å²) in [5, 5.41) is 17.7. The van der Waals surface area contributed by atoms with Gasteiger partial charge in [0, 0.05) is 49.9 Å². The molecule has 6 amide bonds. The van der Waals surface area contributed by atoms with Gasteiger partial charge in [0.2, 0.25) is 29.5 Å². The van der Waals surface area contributed by atoms with Gasteiger partial charge in [0.05, 0.1) is 0 Å². The number of benzene rings is 1. The number of hydrogen-bond acceptors (Lipinski definition) is 9. The first-order valence-electron chi connectivity index (χ1n) is 22.7. The molecule has 0 aromatic heterocycles. The van der Waals surface area contributed by atoms with E-state index in [1.807, 2.05) is 30.3 Å². The van der Waals surface area contributed by atoms with Crippen LogP contribution in [0.2, 0.25) is 0 Å². The fourth-order valence-corrected chi connectivity index (χ4v) is 9.76. The fraction of sp³-hybridized carbons (Fsp3) is 0.717. The topological polar surface area (TPSA) is 210 Å². The molecule has 4 aliphatic carbocycles. The van der Waals surface area contributed by atoms with Crippen molar-refractivity contribution in [2.24, 2.45) is 47.3 Å². The summed E-state index contributed by atoms with van der Waals surface area (Å²) < 4.78 is 10.7. The van der Waals surface area contributed by atoms with E-state index in [9.17, 15) is 33.6 Å². The van der Waals surface area contributed by atoms with Crippen molar-refractivity contribution in [3.8, 4) is 0 Å². The second kappa shape index (κ2) is 22.4. The molecule has 0 spiro atoms. The van der Waals surface area contributed by atoms with Gasteiger partial charge < -0.3 is 41.4 Å². The molecule has 10 unspecified atom stereocenters. The summed E-state index contributed by atoms with van der Waals surface area (Å²) >= 11 is 0. The Bertz CT molecular complexity index is 1680. The number of hydrogen-bond donors (Lipinski definition) is 6. The number of nitrogens with one attached hydrogen (secondary N) is 6. The molecule has 4 aliphatic rings. The van der Waals surface area contributed by atoms with Crippen molar-refractivity contribution in [3.63, 3.8) is 0 Å². The second-order valence-electron chi connectivity index (χ2n) is 18.9. The Morgan fingerprint density at radius 3 is 1.43 bits per heavy atom. The molecule has 0 saturated heterocycles. The third-order valence-electron chi connectivity index (χ3n) is 13.2. The van der Waals surface area contributed by atoms with Crippen molar-refractivity contribution in [2.45, 2.75) is 136 Å². The monoisotopic (exact) mass is 851 g/mol. The van der Waals surface area contributed by atoms with Crippen molar-refractivity contribution < 1.29 is 43.0 Å². The highest BCUT2D eigenvalue weighted by Gasteiger charge is 2.39. The van der Waals surface area contributed by atoms with E-state index in [0.717, 1.165) is 63.4 Å². The minimum absolute atomic E-state index is 0.0224. The van der Waals surface area contributed by atoms with Crippen LogP contribution in [0.25, 0.3) is 0 Å². The molecule has 6 N–H and O–H groups in total. The van der Waals surface area contributed by atoms with Gasteiger partial charge in [0.1, 0.15) is 24.3 Å². The van der Waals surface area contributed by atoms with Crippen LogP contribution in [0.5, 0.6) is 0 Å². The summed E-state index contributed by atoms with van der Waals surface area (Å²) in [5.41, 5.74) is 0.265. The zero-order chi connectivity index (χ0) is 44.1. The zero-order valence-corrected chi connectivity index (χ0v) is 36.9. The largest absolute Gasteiger partial charge is 0.459 e. The first-order valence-corrected chi connectivity index (χ1v) is 22.7. The molecule has 0 radical (unpaired) electrons. The number of ether oxygens (including phenoxy) is 2. The highest BCUT2D eigenvalue weighted by Crippen LogP contribution is 2.35. The average molecular weight is 851 g/mol. The lowest BCUT2D eigenvalue weighted by Crippen LogP contribution is -2.49. The summed E-state index contributed by atoms with van der Waals surface area (Å²) in [6.45, 7) is 10.3. The summed E-state index contributed by atoms with van der Waals surface area (Å²) in [6, 6.07) is 7.78. The van der Waals surface area contributed by atoms with Gasteiger partial charge in [-0.2, -0.15) is 0 Å². The van der Waals surface area contributed by atoms with Gasteiger partial charge in [0.25, 0.3) is 0 Å². The molecule has 1 aromatic rings. The lowest BCUT2D eigenvalue weighted by Gasteiger charge is -2.25. The summed E-state index contributed by atoms with van der Waals surface area (Å²) in [5.74, 6) is -2.58. The quantitative estimate of drug-likeness (QED) is 0.116. The van der Waals surface area contributed by atoms with Crippen LogP contribution in [0.1, 0.15) is 117 Å². The summed E-state index contributed by atoms with van der Waals surface area (Å²) in [6.07, 6.45) is 9.05. The van der Waals surface area contributed by atoms with Crippen LogP contribution in [-0.2, 0) is 44.8 Å². The van der Waals surface area contributed by atoms with Gasteiger partial charge in [-0.1, -0.05) is 56.0 Å². The predicted octanol–water partition coefficient (Wildman–Crippen LogP) is 4.28. The predicted molar refractivity (Wildman–Crippen MR) is 228 cm³/mol. The minimum Gasteiger partial charge on any atom is -0.459 e. The SMILES string of the molecule is CC(NC(=O)C1CCCC1CNC(=O)C1CCCC1CNC(=O)OC(C)(C)C)C(=O)NCC1CCCC1C(=O)NCC1CCCC1C(=O)NC(C)C(=O)OCc1ccccc1.